The molecule has 2 aliphatic rings. The number of carbonyl (C=O) groups excluding carboxylic acids is 1. The SMILES string of the molecule is CC(C)C(NC(=O)C1CCCC(N)C1)c1nc(C2CC2)no1.Cl. The van der Waals surface area contributed by atoms with Gasteiger partial charge in [-0.25, -0.2) is 0 Å². The molecular formula is C16H27ClN4O2. The highest BCUT2D eigenvalue weighted by Crippen LogP contribution is 2.38. The predicted octanol–water partition coefficient (Wildman–Crippen LogP) is 2.70. The van der Waals surface area contributed by atoms with E-state index in [4.69, 9.17) is 10.3 Å². The van der Waals surface area contributed by atoms with Crippen LogP contribution in [0.2, 0.25) is 0 Å². The van der Waals surface area contributed by atoms with Crippen LogP contribution >= 0.6 is 12.4 Å². The van der Waals surface area contributed by atoms with E-state index in [0.717, 1.165) is 44.3 Å². The average Bonchev–Trinajstić information content (AvgIpc) is 3.22. The van der Waals surface area contributed by atoms with Crippen LogP contribution in [0.1, 0.15) is 76.0 Å². The van der Waals surface area contributed by atoms with Crippen LogP contribution in [0.4, 0.5) is 0 Å². The fourth-order valence-electron chi connectivity index (χ4n) is 3.13. The molecule has 0 bridgehead atoms. The molecule has 0 radical (unpaired) electrons. The zero-order valence-electron chi connectivity index (χ0n) is 13.8. The molecule has 23 heavy (non-hydrogen) atoms. The second-order valence-corrected chi connectivity index (χ2v) is 7.12. The van der Waals surface area contributed by atoms with Crippen molar-refractivity contribution in [3.63, 3.8) is 0 Å². The number of amides is 1. The molecule has 3 rings (SSSR count). The topological polar surface area (TPSA) is 94.0 Å². The third kappa shape index (κ3) is 4.44. The van der Waals surface area contributed by atoms with E-state index in [9.17, 15) is 4.79 Å². The summed E-state index contributed by atoms with van der Waals surface area (Å²) in [4.78, 5) is 17.0. The number of carbonyl (C=O) groups is 1. The van der Waals surface area contributed by atoms with Gasteiger partial charge < -0.3 is 15.6 Å². The Morgan fingerprint density at radius 3 is 2.65 bits per heavy atom. The summed E-state index contributed by atoms with van der Waals surface area (Å²) in [6.45, 7) is 4.11. The minimum atomic E-state index is -0.217. The summed E-state index contributed by atoms with van der Waals surface area (Å²) < 4.78 is 5.40. The maximum absolute atomic E-state index is 12.5. The van der Waals surface area contributed by atoms with Crippen LogP contribution < -0.4 is 11.1 Å². The van der Waals surface area contributed by atoms with Crippen molar-refractivity contribution in [2.45, 2.75) is 70.4 Å². The molecule has 3 unspecified atom stereocenters. The van der Waals surface area contributed by atoms with Crippen molar-refractivity contribution in [2.24, 2.45) is 17.6 Å². The smallest absolute Gasteiger partial charge is 0.249 e. The zero-order chi connectivity index (χ0) is 15.7. The van der Waals surface area contributed by atoms with Crippen molar-refractivity contribution in [3.05, 3.63) is 11.7 Å². The molecule has 7 heteroatoms. The molecule has 0 aromatic carbocycles. The highest BCUT2D eigenvalue weighted by Gasteiger charge is 2.33. The van der Waals surface area contributed by atoms with E-state index < -0.39 is 0 Å². The number of nitrogens with zero attached hydrogens (tertiary/aromatic N) is 2. The van der Waals surface area contributed by atoms with Crippen LogP contribution in [0.25, 0.3) is 0 Å². The van der Waals surface area contributed by atoms with Crippen LogP contribution in [-0.2, 0) is 4.79 Å². The van der Waals surface area contributed by atoms with Crippen molar-refractivity contribution < 1.29 is 9.32 Å². The van der Waals surface area contributed by atoms with Gasteiger partial charge in [-0.1, -0.05) is 25.4 Å². The number of hydrogen-bond donors (Lipinski definition) is 2. The summed E-state index contributed by atoms with van der Waals surface area (Å²) in [5.74, 6) is 2.06. The van der Waals surface area contributed by atoms with Gasteiger partial charge in [-0.2, -0.15) is 4.98 Å². The molecule has 2 aliphatic carbocycles. The normalized spacial score (nSPS) is 25.7. The summed E-state index contributed by atoms with van der Waals surface area (Å²) in [5, 5.41) is 7.16. The van der Waals surface area contributed by atoms with Crippen LogP contribution in [0.15, 0.2) is 4.52 Å². The minimum Gasteiger partial charge on any atom is -0.344 e. The second kappa shape index (κ2) is 7.62. The summed E-state index contributed by atoms with van der Waals surface area (Å²) in [6.07, 6.45) is 6.01. The molecular weight excluding hydrogens is 316 g/mol. The number of hydrogen-bond acceptors (Lipinski definition) is 5. The van der Waals surface area contributed by atoms with Gasteiger partial charge in [0, 0.05) is 17.9 Å². The van der Waals surface area contributed by atoms with Gasteiger partial charge in [-0.15, -0.1) is 12.4 Å². The molecule has 3 N–H and O–H groups in total. The Bertz CT molecular complexity index is 530. The Hall–Kier alpha value is -1.14. The lowest BCUT2D eigenvalue weighted by Gasteiger charge is -2.28. The Morgan fingerprint density at radius 2 is 2.04 bits per heavy atom. The van der Waals surface area contributed by atoms with E-state index >= 15 is 0 Å². The monoisotopic (exact) mass is 342 g/mol. The molecule has 2 fully saturated rings. The molecule has 130 valence electrons. The number of nitrogens with one attached hydrogen (secondary N) is 1. The highest BCUT2D eigenvalue weighted by molar-refractivity contribution is 5.85. The van der Waals surface area contributed by atoms with E-state index in [1.165, 1.54) is 0 Å². The summed E-state index contributed by atoms with van der Waals surface area (Å²) >= 11 is 0. The summed E-state index contributed by atoms with van der Waals surface area (Å²) in [6, 6.07) is -0.0717. The Kier molecular flexibility index (Phi) is 6.03. The minimum absolute atomic E-state index is 0. The zero-order valence-corrected chi connectivity index (χ0v) is 14.6. The molecule has 0 aliphatic heterocycles. The van der Waals surface area contributed by atoms with E-state index in [0.29, 0.717) is 11.8 Å². The molecule has 1 heterocycles. The Balaban J connectivity index is 0.00000192. The first-order chi connectivity index (χ1) is 10.5. The molecule has 1 aromatic heterocycles. The lowest BCUT2D eigenvalue weighted by molar-refractivity contribution is -0.127. The fourth-order valence-corrected chi connectivity index (χ4v) is 3.13. The second-order valence-electron chi connectivity index (χ2n) is 7.12. The number of nitrogens with two attached hydrogens (primary N) is 1. The van der Waals surface area contributed by atoms with Gasteiger partial charge in [0.25, 0.3) is 0 Å². The van der Waals surface area contributed by atoms with E-state index in [-0.39, 0.29) is 42.2 Å². The van der Waals surface area contributed by atoms with Crippen LogP contribution in [0.5, 0.6) is 0 Å². The first-order valence-electron chi connectivity index (χ1n) is 8.44. The molecule has 1 amide bonds. The fraction of sp³-hybridized carbons (Fsp3) is 0.812. The largest absolute Gasteiger partial charge is 0.344 e. The van der Waals surface area contributed by atoms with Crippen molar-refractivity contribution in [1.82, 2.24) is 15.5 Å². The molecule has 0 saturated heterocycles. The van der Waals surface area contributed by atoms with Gasteiger partial charge in [0.05, 0.1) is 0 Å². The molecule has 6 nitrogen and oxygen atoms in total. The van der Waals surface area contributed by atoms with Gasteiger partial charge in [-0.05, 0) is 38.0 Å². The number of aromatic nitrogens is 2. The van der Waals surface area contributed by atoms with Crippen molar-refractivity contribution >= 4 is 18.3 Å². The van der Waals surface area contributed by atoms with Gasteiger partial charge in [0.1, 0.15) is 6.04 Å². The molecule has 2 saturated carbocycles. The van der Waals surface area contributed by atoms with Crippen LogP contribution in [0.3, 0.4) is 0 Å². The number of halogens is 1. The number of rotatable bonds is 5. The van der Waals surface area contributed by atoms with Crippen LogP contribution in [0, 0.1) is 11.8 Å². The predicted molar refractivity (Wildman–Crippen MR) is 89.2 cm³/mol. The lowest BCUT2D eigenvalue weighted by Crippen LogP contribution is -2.40. The van der Waals surface area contributed by atoms with Gasteiger partial charge >= 0.3 is 0 Å². The van der Waals surface area contributed by atoms with Crippen LogP contribution in [-0.4, -0.2) is 22.1 Å². The first-order valence-corrected chi connectivity index (χ1v) is 8.44. The Labute approximate surface area is 143 Å². The third-order valence-corrected chi connectivity index (χ3v) is 4.72. The van der Waals surface area contributed by atoms with Gasteiger partial charge in [0.2, 0.25) is 11.8 Å². The summed E-state index contributed by atoms with van der Waals surface area (Å²) in [7, 11) is 0. The summed E-state index contributed by atoms with van der Waals surface area (Å²) in [5.41, 5.74) is 5.99. The standard InChI is InChI=1S/C16H26N4O2.ClH/c1-9(2)13(16-19-14(20-22-16)10-6-7-10)18-15(21)11-4-3-5-12(17)8-11;/h9-13H,3-8,17H2,1-2H3,(H,18,21);1H. The maximum atomic E-state index is 12.5. The van der Waals surface area contributed by atoms with Gasteiger partial charge in [0.15, 0.2) is 5.82 Å². The quantitative estimate of drug-likeness (QED) is 0.858. The molecule has 3 atom stereocenters. The third-order valence-electron chi connectivity index (χ3n) is 4.72. The van der Waals surface area contributed by atoms with E-state index in [1.807, 2.05) is 0 Å². The Morgan fingerprint density at radius 1 is 1.30 bits per heavy atom. The first kappa shape index (κ1) is 18.2. The van der Waals surface area contributed by atoms with E-state index in [1.54, 1.807) is 0 Å². The van der Waals surface area contributed by atoms with Crippen molar-refractivity contribution in [3.8, 4) is 0 Å². The van der Waals surface area contributed by atoms with Gasteiger partial charge in [-0.3, -0.25) is 4.79 Å². The maximum Gasteiger partial charge on any atom is 0.249 e. The molecule has 0 spiro atoms. The average molecular weight is 343 g/mol. The molecule has 1 aromatic rings. The highest BCUT2D eigenvalue weighted by atomic mass is 35.5. The van der Waals surface area contributed by atoms with Crippen molar-refractivity contribution in [2.75, 3.05) is 0 Å². The van der Waals surface area contributed by atoms with Crippen molar-refractivity contribution in [1.29, 1.82) is 0 Å². The lowest BCUT2D eigenvalue weighted by atomic mass is 9.85. The van der Waals surface area contributed by atoms with E-state index in [2.05, 4.69) is 29.3 Å².